The monoisotopic (exact) mass is 625 g/mol. The van der Waals surface area contributed by atoms with Crippen LogP contribution in [0.5, 0.6) is 0 Å². The molecule has 0 radical (unpaired) electrons. The second kappa shape index (κ2) is 11.0. The van der Waals surface area contributed by atoms with Crippen LogP contribution in [0, 0.1) is 0 Å². The first-order valence-corrected chi connectivity index (χ1v) is 16.4. The van der Waals surface area contributed by atoms with Gasteiger partial charge in [-0.1, -0.05) is 78.9 Å². The number of hydrogen-bond acceptors (Lipinski definition) is 4. The third-order valence-corrected chi connectivity index (χ3v) is 9.63. The van der Waals surface area contributed by atoms with Crippen molar-refractivity contribution in [1.29, 1.82) is 0 Å². The van der Waals surface area contributed by atoms with Gasteiger partial charge in [0.1, 0.15) is 11.3 Å². The average molecular weight is 626 g/mol. The average Bonchev–Trinajstić information content (AvgIpc) is 3.57. The second-order valence-corrected chi connectivity index (χ2v) is 12.4. The largest absolute Gasteiger partial charge is 0.455 e. The van der Waals surface area contributed by atoms with Crippen molar-refractivity contribution in [1.82, 2.24) is 15.0 Å². The fourth-order valence-electron chi connectivity index (χ4n) is 7.48. The van der Waals surface area contributed by atoms with Crippen LogP contribution in [0.15, 0.2) is 169 Å². The lowest BCUT2D eigenvalue weighted by atomic mass is 9.84. The standard InChI is InChI=1S/C45H27N3O/c1-3-11-35-33(9-1)41(32-26-30(28-17-21-46-22-18-28)25-31(27-32)29-19-23-47-24-20-29)34-10-2-4-12-36(34)42(35)45-43-37-13-5-7-15-39(37)48-44(43)38-14-6-8-16-40(38)49-45/h1-27H. The summed E-state index contributed by atoms with van der Waals surface area (Å²) in [5.74, 6) is 0.837. The summed E-state index contributed by atoms with van der Waals surface area (Å²) in [5.41, 5.74) is 11.7. The van der Waals surface area contributed by atoms with Crippen LogP contribution in [0.25, 0.3) is 99.4 Å². The second-order valence-electron chi connectivity index (χ2n) is 12.4. The molecular weight excluding hydrogens is 599 g/mol. The molecule has 2 aliphatic heterocycles. The molecule has 10 rings (SSSR count). The first-order valence-electron chi connectivity index (χ1n) is 16.4. The van der Waals surface area contributed by atoms with Gasteiger partial charge in [0, 0.05) is 41.1 Å². The number of nitrogens with zero attached hydrogens (tertiary/aromatic N) is 3. The summed E-state index contributed by atoms with van der Waals surface area (Å²) in [7, 11) is 0. The molecule has 0 aliphatic carbocycles. The number of rotatable bonds is 4. The van der Waals surface area contributed by atoms with E-state index in [0.717, 1.165) is 93.8 Å². The van der Waals surface area contributed by atoms with Gasteiger partial charge in [0.05, 0.1) is 16.8 Å². The Morgan fingerprint density at radius 2 is 0.837 bits per heavy atom. The molecule has 0 fully saturated rings. The zero-order valence-corrected chi connectivity index (χ0v) is 26.3. The summed E-state index contributed by atoms with van der Waals surface area (Å²) in [6, 6.07) is 49.2. The Balaban J connectivity index is 1.34. The fraction of sp³-hybridized carbons (Fsp3) is 0. The van der Waals surface area contributed by atoms with Gasteiger partial charge in [-0.15, -0.1) is 0 Å². The zero-order chi connectivity index (χ0) is 32.3. The molecule has 4 heterocycles. The maximum atomic E-state index is 6.99. The molecule has 0 N–H and O–H groups in total. The molecule has 0 saturated carbocycles. The van der Waals surface area contributed by atoms with Crippen molar-refractivity contribution in [2.45, 2.75) is 0 Å². The molecule has 2 aliphatic rings. The Labute approximate surface area is 282 Å². The maximum Gasteiger partial charge on any atom is 0.146 e. The lowest BCUT2D eigenvalue weighted by molar-refractivity contribution is 0.623. The van der Waals surface area contributed by atoms with Crippen molar-refractivity contribution in [3.8, 4) is 56.0 Å². The predicted molar refractivity (Wildman–Crippen MR) is 200 cm³/mol. The van der Waals surface area contributed by atoms with E-state index in [0.29, 0.717) is 0 Å². The lowest BCUT2D eigenvalue weighted by Gasteiger charge is -2.20. The SMILES string of the molecule is c1ccc2c3c(-c4c5ccccc5c(-c5cc(-c6ccncc6)cc(-c6ccncc6)c5)c5ccccc45)oc4ccccc4c-3nc2c1. The van der Waals surface area contributed by atoms with Crippen LogP contribution in [0.3, 0.4) is 0 Å². The zero-order valence-electron chi connectivity index (χ0n) is 26.3. The van der Waals surface area contributed by atoms with E-state index in [1.807, 2.05) is 43.0 Å². The smallest absolute Gasteiger partial charge is 0.146 e. The van der Waals surface area contributed by atoms with E-state index in [1.54, 1.807) is 0 Å². The molecule has 0 atom stereocenters. The summed E-state index contributed by atoms with van der Waals surface area (Å²) in [6.45, 7) is 0. The highest BCUT2D eigenvalue weighted by molar-refractivity contribution is 6.24. The van der Waals surface area contributed by atoms with Crippen LogP contribution in [0.1, 0.15) is 0 Å². The molecule has 4 nitrogen and oxygen atoms in total. The highest BCUT2D eigenvalue weighted by Crippen LogP contribution is 2.50. The van der Waals surface area contributed by atoms with Crippen LogP contribution in [-0.2, 0) is 0 Å². The summed E-state index contributed by atoms with van der Waals surface area (Å²) in [6.07, 6.45) is 7.40. The van der Waals surface area contributed by atoms with E-state index in [2.05, 4.69) is 131 Å². The van der Waals surface area contributed by atoms with Gasteiger partial charge in [-0.3, -0.25) is 9.97 Å². The number of hydrogen-bond donors (Lipinski definition) is 0. The van der Waals surface area contributed by atoms with Gasteiger partial charge in [-0.2, -0.15) is 0 Å². The summed E-state index contributed by atoms with van der Waals surface area (Å²) >= 11 is 0. The molecule has 0 spiro atoms. The molecule has 228 valence electrons. The van der Waals surface area contributed by atoms with E-state index >= 15 is 0 Å². The first-order chi connectivity index (χ1) is 24.3. The quantitative estimate of drug-likeness (QED) is 0.183. The van der Waals surface area contributed by atoms with E-state index in [-0.39, 0.29) is 0 Å². The summed E-state index contributed by atoms with van der Waals surface area (Å²) < 4.78 is 6.99. The van der Waals surface area contributed by atoms with Crippen molar-refractivity contribution < 1.29 is 4.42 Å². The minimum absolute atomic E-state index is 0.817. The van der Waals surface area contributed by atoms with Gasteiger partial charge < -0.3 is 4.42 Å². The number of benzene rings is 6. The van der Waals surface area contributed by atoms with Crippen molar-refractivity contribution in [3.05, 3.63) is 164 Å². The van der Waals surface area contributed by atoms with Gasteiger partial charge in [0.2, 0.25) is 0 Å². The minimum Gasteiger partial charge on any atom is -0.455 e. The van der Waals surface area contributed by atoms with E-state index < -0.39 is 0 Å². The molecule has 0 bridgehead atoms. The topological polar surface area (TPSA) is 51.8 Å². The van der Waals surface area contributed by atoms with Crippen LogP contribution < -0.4 is 0 Å². The Hall–Kier alpha value is -6.65. The molecule has 2 aromatic heterocycles. The number of aromatic nitrogens is 3. The Kier molecular flexibility index (Phi) is 6.15. The van der Waals surface area contributed by atoms with Gasteiger partial charge in [0.15, 0.2) is 0 Å². The van der Waals surface area contributed by atoms with Gasteiger partial charge in [-0.25, -0.2) is 4.98 Å². The minimum atomic E-state index is 0.817. The van der Waals surface area contributed by atoms with Crippen molar-refractivity contribution in [2.75, 3.05) is 0 Å². The van der Waals surface area contributed by atoms with Crippen LogP contribution in [0.4, 0.5) is 0 Å². The van der Waals surface area contributed by atoms with Crippen LogP contribution in [0.2, 0.25) is 0 Å². The summed E-state index contributed by atoms with van der Waals surface area (Å²) in [4.78, 5) is 13.7. The molecule has 0 unspecified atom stereocenters. The van der Waals surface area contributed by atoms with Crippen molar-refractivity contribution in [2.24, 2.45) is 0 Å². The molecule has 6 aromatic carbocycles. The van der Waals surface area contributed by atoms with Gasteiger partial charge >= 0.3 is 0 Å². The first kappa shape index (κ1) is 27.5. The number of pyridine rings is 2. The van der Waals surface area contributed by atoms with Crippen molar-refractivity contribution in [3.63, 3.8) is 0 Å². The molecule has 4 heteroatoms. The van der Waals surface area contributed by atoms with Crippen LogP contribution >= 0.6 is 0 Å². The Morgan fingerprint density at radius 3 is 1.43 bits per heavy atom. The highest BCUT2D eigenvalue weighted by Gasteiger charge is 2.27. The van der Waals surface area contributed by atoms with Crippen molar-refractivity contribution >= 4 is 43.4 Å². The Bertz CT molecular complexity index is 2710. The molecular formula is C45H27N3O. The van der Waals surface area contributed by atoms with Crippen LogP contribution in [-0.4, -0.2) is 15.0 Å². The van der Waals surface area contributed by atoms with E-state index in [9.17, 15) is 0 Å². The van der Waals surface area contributed by atoms with E-state index in [1.165, 1.54) is 5.56 Å². The van der Waals surface area contributed by atoms with Gasteiger partial charge in [0.25, 0.3) is 0 Å². The molecule has 49 heavy (non-hydrogen) atoms. The molecule has 8 aromatic rings. The fourth-order valence-corrected chi connectivity index (χ4v) is 7.48. The molecule has 0 saturated heterocycles. The van der Waals surface area contributed by atoms with Gasteiger partial charge in [-0.05, 0) is 116 Å². The number of fused-ring (bicyclic) bond motifs is 7. The summed E-state index contributed by atoms with van der Waals surface area (Å²) in [5, 5.41) is 6.67. The molecule has 0 amide bonds. The highest BCUT2D eigenvalue weighted by atomic mass is 16.3. The Morgan fingerprint density at radius 1 is 0.367 bits per heavy atom. The predicted octanol–water partition coefficient (Wildman–Crippen LogP) is 11.9. The lowest BCUT2D eigenvalue weighted by Crippen LogP contribution is -1.94. The normalized spacial score (nSPS) is 11.7. The van der Waals surface area contributed by atoms with E-state index in [4.69, 9.17) is 9.40 Å². The third-order valence-electron chi connectivity index (χ3n) is 9.63. The maximum absolute atomic E-state index is 6.99. The third kappa shape index (κ3) is 4.35. The number of para-hydroxylation sites is 2.